The van der Waals surface area contributed by atoms with Gasteiger partial charge in [-0.3, -0.25) is 4.90 Å². The number of piperazine rings is 1. The van der Waals surface area contributed by atoms with E-state index in [2.05, 4.69) is 10.5 Å². The number of hydrogen-bond acceptors (Lipinski definition) is 5. The molecule has 2 heterocycles. The first-order valence-corrected chi connectivity index (χ1v) is 7.84. The van der Waals surface area contributed by atoms with Crippen LogP contribution < -0.4 is 0 Å². The summed E-state index contributed by atoms with van der Waals surface area (Å²) < 4.78 is 27.9. The molecule has 0 aliphatic carbocycles. The minimum absolute atomic E-state index is 0.287. The number of hydrogen-bond donors (Lipinski definition) is 0. The van der Waals surface area contributed by atoms with Crippen LogP contribution in [0, 0.1) is 11.3 Å². The molecular weight excluding hydrogens is 276 g/mol. The molecule has 104 valence electrons. The fourth-order valence-electron chi connectivity index (χ4n) is 2.53. The van der Waals surface area contributed by atoms with Crippen LogP contribution in [0.25, 0.3) is 0 Å². The predicted molar refractivity (Wildman–Crippen MR) is 73.8 cm³/mol. The third kappa shape index (κ3) is 2.17. The molecule has 2 aliphatic rings. The number of nitriles is 1. The first kappa shape index (κ1) is 13.1. The third-order valence-corrected chi connectivity index (χ3v) is 4.90. The first-order chi connectivity index (χ1) is 9.62. The summed E-state index contributed by atoms with van der Waals surface area (Å²) in [6, 6.07) is 9.04. The Morgan fingerprint density at radius 1 is 1.20 bits per heavy atom. The summed E-state index contributed by atoms with van der Waals surface area (Å²) in [6.45, 7) is 3.27. The zero-order chi connectivity index (χ0) is 14.2. The number of nitrogens with zero attached hydrogens (tertiary/aromatic N) is 4. The topological polar surface area (TPSA) is 76.8 Å². The fourth-order valence-corrected chi connectivity index (χ4v) is 3.76. The highest BCUT2D eigenvalue weighted by molar-refractivity contribution is 7.90. The van der Waals surface area contributed by atoms with E-state index in [0.717, 1.165) is 13.1 Å². The summed E-state index contributed by atoms with van der Waals surface area (Å²) in [6.07, 6.45) is 0. The van der Waals surface area contributed by atoms with Crippen molar-refractivity contribution in [3.05, 3.63) is 29.8 Å². The lowest BCUT2D eigenvalue weighted by atomic mass is 10.1. The van der Waals surface area contributed by atoms with Crippen molar-refractivity contribution in [1.29, 1.82) is 5.26 Å². The average Bonchev–Trinajstić information content (AvgIpc) is 2.73. The van der Waals surface area contributed by atoms with E-state index in [1.165, 1.54) is 0 Å². The Morgan fingerprint density at radius 3 is 2.60 bits per heavy atom. The molecule has 2 aliphatic heterocycles. The van der Waals surface area contributed by atoms with Gasteiger partial charge in [-0.05, 0) is 12.1 Å². The standard InChI is InChI=1S/C13H14N4O2S/c14-5-6-16-7-9-17(10-8-16)13-11-3-1-2-4-12(11)20(18,19)15-13/h1-4H,6-10H2. The summed E-state index contributed by atoms with van der Waals surface area (Å²) >= 11 is 0. The summed E-state index contributed by atoms with van der Waals surface area (Å²) in [5.41, 5.74) is 0.682. The maximum Gasteiger partial charge on any atom is 0.285 e. The monoisotopic (exact) mass is 290 g/mol. The Morgan fingerprint density at radius 2 is 1.90 bits per heavy atom. The molecule has 0 saturated carbocycles. The lowest BCUT2D eigenvalue weighted by Gasteiger charge is -2.34. The fraction of sp³-hybridized carbons (Fsp3) is 0.385. The highest BCUT2D eigenvalue weighted by Gasteiger charge is 2.32. The van der Waals surface area contributed by atoms with Crippen LogP contribution >= 0.6 is 0 Å². The lowest BCUT2D eigenvalue weighted by Crippen LogP contribution is -2.48. The van der Waals surface area contributed by atoms with Crippen LogP contribution in [0.2, 0.25) is 0 Å². The van der Waals surface area contributed by atoms with Gasteiger partial charge in [0.2, 0.25) is 0 Å². The summed E-state index contributed by atoms with van der Waals surface area (Å²) in [4.78, 5) is 4.32. The highest BCUT2D eigenvalue weighted by atomic mass is 32.2. The molecule has 0 bridgehead atoms. The Labute approximate surface area is 118 Å². The Hall–Kier alpha value is -1.91. The van der Waals surface area contributed by atoms with Crippen molar-refractivity contribution in [2.45, 2.75) is 4.90 Å². The van der Waals surface area contributed by atoms with Crippen molar-refractivity contribution >= 4 is 15.9 Å². The molecule has 1 fully saturated rings. The zero-order valence-electron chi connectivity index (χ0n) is 10.9. The number of rotatable bonds is 1. The van der Waals surface area contributed by atoms with Gasteiger partial charge < -0.3 is 4.90 Å². The van der Waals surface area contributed by atoms with Gasteiger partial charge in [-0.2, -0.15) is 13.7 Å². The second kappa shape index (κ2) is 4.89. The Balaban J connectivity index is 1.85. The molecule has 0 spiro atoms. The minimum Gasteiger partial charge on any atom is -0.353 e. The second-order valence-corrected chi connectivity index (χ2v) is 6.38. The van der Waals surface area contributed by atoms with E-state index in [1.54, 1.807) is 18.2 Å². The third-order valence-electron chi connectivity index (χ3n) is 3.58. The smallest absolute Gasteiger partial charge is 0.285 e. The second-order valence-electron chi connectivity index (χ2n) is 4.81. The normalized spacial score (nSPS) is 21.1. The van der Waals surface area contributed by atoms with Gasteiger partial charge in [0, 0.05) is 31.7 Å². The van der Waals surface area contributed by atoms with Crippen LogP contribution in [-0.2, 0) is 10.0 Å². The lowest BCUT2D eigenvalue weighted by molar-refractivity contribution is 0.200. The molecule has 3 rings (SSSR count). The predicted octanol–water partition coefficient (Wildman–Crippen LogP) is 0.277. The number of fused-ring (bicyclic) bond motifs is 1. The van der Waals surface area contributed by atoms with E-state index in [9.17, 15) is 8.42 Å². The van der Waals surface area contributed by atoms with E-state index in [4.69, 9.17) is 5.26 Å². The van der Waals surface area contributed by atoms with Crippen LogP contribution in [0.15, 0.2) is 33.6 Å². The molecule has 7 heteroatoms. The number of amidine groups is 1. The molecule has 0 unspecified atom stereocenters. The van der Waals surface area contributed by atoms with Gasteiger partial charge in [0.05, 0.1) is 12.6 Å². The number of sulfonamides is 1. The molecule has 1 saturated heterocycles. The van der Waals surface area contributed by atoms with Crippen LogP contribution in [0.1, 0.15) is 5.56 Å². The SMILES string of the molecule is N#CCN1CCN(C2=NS(=O)(=O)c3ccccc32)CC1. The van der Waals surface area contributed by atoms with Crippen LogP contribution in [0.3, 0.4) is 0 Å². The molecule has 0 aromatic heterocycles. The molecule has 0 radical (unpaired) electrons. The van der Waals surface area contributed by atoms with E-state index < -0.39 is 10.0 Å². The average molecular weight is 290 g/mol. The molecule has 0 amide bonds. The van der Waals surface area contributed by atoms with Crippen molar-refractivity contribution in [1.82, 2.24) is 9.80 Å². The molecule has 20 heavy (non-hydrogen) atoms. The Bertz CT molecular complexity index is 697. The van der Waals surface area contributed by atoms with Gasteiger partial charge in [0.25, 0.3) is 10.0 Å². The van der Waals surface area contributed by atoms with Crippen molar-refractivity contribution in [3.8, 4) is 6.07 Å². The van der Waals surface area contributed by atoms with Gasteiger partial charge >= 0.3 is 0 Å². The van der Waals surface area contributed by atoms with Crippen LogP contribution in [0.4, 0.5) is 0 Å². The highest BCUT2D eigenvalue weighted by Crippen LogP contribution is 2.27. The van der Waals surface area contributed by atoms with Gasteiger partial charge in [0.15, 0.2) is 5.84 Å². The maximum atomic E-state index is 12.0. The minimum atomic E-state index is -3.55. The first-order valence-electron chi connectivity index (χ1n) is 6.40. The molecule has 0 atom stereocenters. The molecule has 1 aromatic rings. The van der Waals surface area contributed by atoms with E-state index in [1.807, 2.05) is 15.9 Å². The molecular formula is C13H14N4O2S. The van der Waals surface area contributed by atoms with Crippen molar-refractivity contribution in [2.24, 2.45) is 4.40 Å². The quantitative estimate of drug-likeness (QED) is 0.694. The van der Waals surface area contributed by atoms with Crippen molar-refractivity contribution in [3.63, 3.8) is 0 Å². The van der Waals surface area contributed by atoms with E-state index >= 15 is 0 Å². The summed E-state index contributed by atoms with van der Waals surface area (Å²) in [7, 11) is -3.55. The van der Waals surface area contributed by atoms with Crippen LogP contribution in [0.5, 0.6) is 0 Å². The Kier molecular flexibility index (Phi) is 3.20. The molecule has 1 aromatic carbocycles. The van der Waals surface area contributed by atoms with Gasteiger partial charge in [-0.1, -0.05) is 12.1 Å². The van der Waals surface area contributed by atoms with Crippen LogP contribution in [-0.4, -0.2) is 56.8 Å². The summed E-state index contributed by atoms with van der Waals surface area (Å²) in [5, 5.41) is 8.69. The van der Waals surface area contributed by atoms with Crippen molar-refractivity contribution in [2.75, 3.05) is 32.7 Å². The van der Waals surface area contributed by atoms with E-state index in [-0.39, 0.29) is 4.90 Å². The summed E-state index contributed by atoms with van der Waals surface area (Å²) in [5.74, 6) is 0.539. The van der Waals surface area contributed by atoms with Gasteiger partial charge in [-0.15, -0.1) is 4.40 Å². The maximum absolute atomic E-state index is 12.0. The molecule has 6 nitrogen and oxygen atoms in total. The van der Waals surface area contributed by atoms with Crippen molar-refractivity contribution < 1.29 is 8.42 Å². The molecule has 0 N–H and O–H groups in total. The zero-order valence-corrected chi connectivity index (χ0v) is 11.7. The van der Waals surface area contributed by atoms with Gasteiger partial charge in [0.1, 0.15) is 4.90 Å². The number of benzene rings is 1. The largest absolute Gasteiger partial charge is 0.353 e. The van der Waals surface area contributed by atoms with Gasteiger partial charge in [-0.25, -0.2) is 0 Å². The van der Waals surface area contributed by atoms with E-state index in [0.29, 0.717) is 31.0 Å².